The lowest BCUT2D eigenvalue weighted by atomic mass is 9.86. The number of para-hydroxylation sites is 1. The monoisotopic (exact) mass is 375 g/mol. The van der Waals surface area contributed by atoms with Crippen LogP contribution in [0.15, 0.2) is 71.7 Å². The maximum absolute atomic E-state index is 10.6. The predicted molar refractivity (Wildman–Crippen MR) is 119 cm³/mol. The number of benzene rings is 3. The lowest BCUT2D eigenvalue weighted by Gasteiger charge is -2.22. The first kappa shape index (κ1) is 19.3. The van der Waals surface area contributed by atoms with Gasteiger partial charge in [0.15, 0.2) is 0 Å². The molecule has 27 heavy (non-hydrogen) atoms. The topological polar surface area (TPSA) is 32.6 Å². The Morgan fingerprint density at radius 2 is 1.56 bits per heavy atom. The molecule has 3 heteroatoms. The van der Waals surface area contributed by atoms with Crippen molar-refractivity contribution in [2.24, 2.45) is 4.99 Å². The Morgan fingerprint density at radius 1 is 0.889 bits per heavy atom. The van der Waals surface area contributed by atoms with Crippen LogP contribution >= 0.6 is 8.58 Å². The van der Waals surface area contributed by atoms with Crippen molar-refractivity contribution in [3.63, 3.8) is 0 Å². The third-order valence-electron chi connectivity index (χ3n) is 4.51. The second-order valence-corrected chi connectivity index (χ2v) is 9.07. The molecule has 0 amide bonds. The van der Waals surface area contributed by atoms with Gasteiger partial charge in [0.1, 0.15) is 5.75 Å². The van der Waals surface area contributed by atoms with E-state index in [-0.39, 0.29) is 5.41 Å². The molecular formula is C24H26NOP. The minimum Gasteiger partial charge on any atom is -0.507 e. The largest absolute Gasteiger partial charge is 0.507 e. The van der Waals surface area contributed by atoms with Crippen LogP contribution in [-0.2, 0) is 5.41 Å². The van der Waals surface area contributed by atoms with Gasteiger partial charge in [-0.3, -0.25) is 4.99 Å². The molecule has 0 saturated carbocycles. The first-order chi connectivity index (χ1) is 12.8. The van der Waals surface area contributed by atoms with E-state index in [1.165, 1.54) is 10.9 Å². The Balaban J connectivity index is 1.95. The van der Waals surface area contributed by atoms with Crippen molar-refractivity contribution in [1.82, 2.24) is 0 Å². The number of hydrogen-bond acceptors (Lipinski definition) is 2. The molecule has 0 bridgehead atoms. The highest BCUT2D eigenvalue weighted by molar-refractivity contribution is 7.56. The van der Waals surface area contributed by atoms with Gasteiger partial charge in [0.2, 0.25) is 0 Å². The average molecular weight is 375 g/mol. The van der Waals surface area contributed by atoms with Crippen molar-refractivity contribution in [2.75, 3.05) is 0 Å². The highest BCUT2D eigenvalue weighted by atomic mass is 31.1. The minimum atomic E-state index is 0.0476. The van der Waals surface area contributed by atoms with Crippen LogP contribution in [0.2, 0.25) is 0 Å². The van der Waals surface area contributed by atoms with E-state index in [0.29, 0.717) is 14.3 Å². The predicted octanol–water partition coefficient (Wildman–Crippen LogP) is 5.38. The molecule has 1 atom stereocenters. The summed E-state index contributed by atoms with van der Waals surface area (Å²) in [5.74, 6) is 0.399. The normalized spacial score (nSPS) is 12.3. The summed E-state index contributed by atoms with van der Waals surface area (Å²) in [5, 5.41) is 12.8. The van der Waals surface area contributed by atoms with Gasteiger partial charge in [-0.1, -0.05) is 77.9 Å². The zero-order valence-electron chi connectivity index (χ0n) is 16.3. The standard InChI is InChI=1S/C24H26NOP/c1-17-14-19(24(2,3)4)15-22(23(17)26)27-21-13-9-8-10-18(21)16-25-20-11-6-5-7-12-20/h5-16,26-27H,1-4H3. The molecule has 0 fully saturated rings. The molecule has 1 N–H and O–H groups in total. The van der Waals surface area contributed by atoms with Gasteiger partial charge in [-0.15, -0.1) is 0 Å². The van der Waals surface area contributed by atoms with Gasteiger partial charge in [-0.25, -0.2) is 0 Å². The van der Waals surface area contributed by atoms with E-state index in [4.69, 9.17) is 0 Å². The molecule has 3 aromatic carbocycles. The third-order valence-corrected chi connectivity index (χ3v) is 5.88. The summed E-state index contributed by atoms with van der Waals surface area (Å²) < 4.78 is 0. The van der Waals surface area contributed by atoms with E-state index < -0.39 is 0 Å². The van der Waals surface area contributed by atoms with Gasteiger partial charge < -0.3 is 5.11 Å². The fourth-order valence-corrected chi connectivity index (χ4v) is 4.14. The van der Waals surface area contributed by atoms with E-state index in [1.54, 1.807) is 0 Å². The Morgan fingerprint density at radius 3 is 2.26 bits per heavy atom. The number of hydrogen-bond donors (Lipinski definition) is 1. The summed E-state index contributed by atoms with van der Waals surface area (Å²) in [5.41, 5.74) is 4.24. The molecule has 0 aliphatic carbocycles. The van der Waals surface area contributed by atoms with Crippen LogP contribution in [-0.4, -0.2) is 11.3 Å². The van der Waals surface area contributed by atoms with E-state index in [2.05, 4.69) is 50.0 Å². The van der Waals surface area contributed by atoms with E-state index in [0.717, 1.165) is 22.1 Å². The Kier molecular flexibility index (Phi) is 5.77. The SMILES string of the molecule is Cc1cc(C(C)(C)C)cc(Pc2ccccc2C=Nc2ccccc2)c1O. The summed E-state index contributed by atoms with van der Waals surface area (Å²) in [6.45, 7) is 8.58. The summed E-state index contributed by atoms with van der Waals surface area (Å²) in [7, 11) is 0.373. The van der Waals surface area contributed by atoms with Crippen molar-refractivity contribution < 1.29 is 5.11 Å². The molecule has 1 unspecified atom stereocenters. The first-order valence-electron chi connectivity index (χ1n) is 9.14. The van der Waals surface area contributed by atoms with Crippen LogP contribution in [0.1, 0.15) is 37.5 Å². The number of aliphatic imine (C=N–C) groups is 1. The quantitative estimate of drug-likeness (QED) is 0.482. The first-order valence-corrected chi connectivity index (χ1v) is 10.1. The number of nitrogens with zero attached hydrogens (tertiary/aromatic N) is 1. The van der Waals surface area contributed by atoms with Crippen molar-refractivity contribution in [3.05, 3.63) is 83.4 Å². The Labute approximate surface area is 163 Å². The molecule has 2 nitrogen and oxygen atoms in total. The van der Waals surface area contributed by atoms with E-state index in [1.807, 2.05) is 55.6 Å². The smallest absolute Gasteiger partial charge is 0.126 e. The third kappa shape index (κ3) is 4.84. The van der Waals surface area contributed by atoms with Crippen LogP contribution in [0.25, 0.3) is 0 Å². The Hall–Kier alpha value is -2.44. The second kappa shape index (κ2) is 8.06. The number of aryl methyl sites for hydroxylation is 1. The average Bonchev–Trinajstić information content (AvgIpc) is 2.64. The minimum absolute atomic E-state index is 0.0476. The van der Waals surface area contributed by atoms with Crippen LogP contribution in [0.3, 0.4) is 0 Å². The van der Waals surface area contributed by atoms with E-state index >= 15 is 0 Å². The highest BCUT2D eigenvalue weighted by Crippen LogP contribution is 2.30. The second-order valence-electron chi connectivity index (χ2n) is 7.75. The molecule has 0 aromatic heterocycles. The lowest BCUT2D eigenvalue weighted by molar-refractivity contribution is 0.474. The summed E-state index contributed by atoms with van der Waals surface area (Å²) >= 11 is 0. The molecule has 0 heterocycles. The van der Waals surface area contributed by atoms with Gasteiger partial charge in [0.25, 0.3) is 0 Å². The number of rotatable bonds is 4. The van der Waals surface area contributed by atoms with Crippen LogP contribution in [0.5, 0.6) is 5.75 Å². The molecule has 0 aliphatic heterocycles. The fraction of sp³-hybridized carbons (Fsp3) is 0.208. The number of phenols is 1. The summed E-state index contributed by atoms with van der Waals surface area (Å²) in [4.78, 5) is 4.59. The van der Waals surface area contributed by atoms with Crippen LogP contribution < -0.4 is 10.6 Å². The zero-order chi connectivity index (χ0) is 19.4. The number of aromatic hydroxyl groups is 1. The van der Waals surface area contributed by atoms with Gasteiger partial charge in [-0.2, -0.15) is 0 Å². The fourth-order valence-electron chi connectivity index (χ4n) is 2.83. The zero-order valence-corrected chi connectivity index (χ0v) is 17.3. The number of phenolic OH excluding ortho intramolecular Hbond substituents is 1. The summed E-state index contributed by atoms with van der Waals surface area (Å²) in [6, 6.07) is 22.4. The molecule has 138 valence electrons. The van der Waals surface area contributed by atoms with Gasteiger partial charge in [-0.05, 0) is 47.0 Å². The molecule has 0 saturated heterocycles. The van der Waals surface area contributed by atoms with Crippen molar-refractivity contribution in [3.8, 4) is 5.75 Å². The van der Waals surface area contributed by atoms with Crippen molar-refractivity contribution >= 4 is 31.1 Å². The maximum Gasteiger partial charge on any atom is 0.126 e. The van der Waals surface area contributed by atoms with Crippen molar-refractivity contribution in [1.29, 1.82) is 0 Å². The Bertz CT molecular complexity index is 956. The molecule has 3 aromatic rings. The van der Waals surface area contributed by atoms with Crippen molar-refractivity contribution in [2.45, 2.75) is 33.1 Å². The maximum atomic E-state index is 10.6. The molecule has 0 aliphatic rings. The molecule has 3 rings (SSSR count). The molecule has 0 radical (unpaired) electrons. The molecular weight excluding hydrogens is 349 g/mol. The van der Waals surface area contributed by atoms with Crippen LogP contribution in [0.4, 0.5) is 5.69 Å². The van der Waals surface area contributed by atoms with Gasteiger partial charge in [0.05, 0.1) is 5.69 Å². The lowest BCUT2D eigenvalue weighted by Crippen LogP contribution is -2.16. The van der Waals surface area contributed by atoms with E-state index in [9.17, 15) is 5.11 Å². The summed E-state index contributed by atoms with van der Waals surface area (Å²) in [6.07, 6.45) is 1.91. The van der Waals surface area contributed by atoms with Gasteiger partial charge in [0, 0.05) is 17.1 Å². The van der Waals surface area contributed by atoms with Crippen LogP contribution in [0, 0.1) is 6.92 Å². The van der Waals surface area contributed by atoms with Gasteiger partial charge >= 0.3 is 0 Å². The highest BCUT2D eigenvalue weighted by Gasteiger charge is 2.18. The molecule has 0 spiro atoms.